The van der Waals surface area contributed by atoms with Gasteiger partial charge in [0.15, 0.2) is 11.6 Å². The molecule has 3 rings (SSSR count). The van der Waals surface area contributed by atoms with Crippen molar-refractivity contribution in [3.05, 3.63) is 29.3 Å². The van der Waals surface area contributed by atoms with Crippen LogP contribution in [0.3, 0.4) is 0 Å². The first-order chi connectivity index (χ1) is 10.1. The molecular weight excluding hydrogens is 280 g/mol. The standard InChI is InChI=1S/C15H17F2NO3/c1-20-11-5-4-10(16)14(17)13(11)15(19)18-6-7-21-12(8-18)9-2-3-9/h4-5,9,12H,2-3,6-8H2,1H3/t12-/m0/s1. The molecule has 1 saturated heterocycles. The van der Waals surface area contributed by atoms with Crippen LogP contribution in [0.4, 0.5) is 8.78 Å². The first-order valence-corrected chi connectivity index (χ1v) is 7.04. The van der Waals surface area contributed by atoms with Crippen molar-refractivity contribution in [1.82, 2.24) is 4.90 Å². The number of nitrogens with zero attached hydrogens (tertiary/aromatic N) is 1. The number of methoxy groups -OCH3 is 1. The molecule has 0 bridgehead atoms. The quantitative estimate of drug-likeness (QED) is 0.859. The normalized spacial score (nSPS) is 22.2. The minimum Gasteiger partial charge on any atom is -0.496 e. The Morgan fingerprint density at radius 3 is 2.81 bits per heavy atom. The van der Waals surface area contributed by atoms with Crippen molar-refractivity contribution in [3.8, 4) is 5.75 Å². The van der Waals surface area contributed by atoms with Gasteiger partial charge in [-0.2, -0.15) is 0 Å². The van der Waals surface area contributed by atoms with E-state index in [2.05, 4.69) is 0 Å². The van der Waals surface area contributed by atoms with Crippen LogP contribution in [0.1, 0.15) is 23.2 Å². The molecule has 1 atom stereocenters. The van der Waals surface area contributed by atoms with E-state index in [1.807, 2.05) is 0 Å². The van der Waals surface area contributed by atoms with Crippen molar-refractivity contribution >= 4 is 5.91 Å². The summed E-state index contributed by atoms with van der Waals surface area (Å²) in [5.74, 6) is -2.22. The largest absolute Gasteiger partial charge is 0.496 e. The van der Waals surface area contributed by atoms with Gasteiger partial charge in [0.25, 0.3) is 5.91 Å². The molecule has 2 aliphatic rings. The topological polar surface area (TPSA) is 38.8 Å². The molecule has 21 heavy (non-hydrogen) atoms. The molecule has 1 heterocycles. The fraction of sp³-hybridized carbons (Fsp3) is 0.533. The first-order valence-electron chi connectivity index (χ1n) is 7.04. The molecule has 1 aliphatic heterocycles. The zero-order chi connectivity index (χ0) is 15.0. The number of carbonyl (C=O) groups is 1. The number of hydrogen-bond acceptors (Lipinski definition) is 3. The highest BCUT2D eigenvalue weighted by molar-refractivity contribution is 5.97. The second kappa shape index (κ2) is 5.60. The van der Waals surface area contributed by atoms with E-state index in [9.17, 15) is 13.6 Å². The Hall–Kier alpha value is -1.69. The van der Waals surface area contributed by atoms with Crippen molar-refractivity contribution in [1.29, 1.82) is 0 Å². The average Bonchev–Trinajstić information content (AvgIpc) is 3.34. The number of ether oxygens (including phenoxy) is 2. The second-order valence-corrected chi connectivity index (χ2v) is 5.44. The molecule has 0 spiro atoms. The van der Waals surface area contributed by atoms with Gasteiger partial charge in [-0.1, -0.05) is 0 Å². The van der Waals surface area contributed by atoms with Gasteiger partial charge in [-0.05, 0) is 30.9 Å². The maximum atomic E-state index is 14.0. The molecule has 114 valence electrons. The Kier molecular flexibility index (Phi) is 3.80. The first kappa shape index (κ1) is 14.3. The van der Waals surface area contributed by atoms with Crippen molar-refractivity contribution in [3.63, 3.8) is 0 Å². The summed E-state index contributed by atoms with van der Waals surface area (Å²) in [5.41, 5.74) is -0.339. The van der Waals surface area contributed by atoms with Gasteiger partial charge in [0.1, 0.15) is 11.3 Å². The Morgan fingerprint density at radius 2 is 2.14 bits per heavy atom. The van der Waals surface area contributed by atoms with E-state index in [0.29, 0.717) is 25.6 Å². The van der Waals surface area contributed by atoms with Crippen LogP contribution in [-0.2, 0) is 4.74 Å². The predicted molar refractivity (Wildman–Crippen MR) is 71.3 cm³/mol. The molecule has 0 aromatic heterocycles. The molecule has 2 fully saturated rings. The average molecular weight is 297 g/mol. The van der Waals surface area contributed by atoms with Gasteiger partial charge in [0.05, 0.1) is 19.8 Å². The highest BCUT2D eigenvalue weighted by atomic mass is 19.2. The molecule has 1 aromatic carbocycles. The highest BCUT2D eigenvalue weighted by Crippen LogP contribution is 2.36. The molecule has 4 nitrogen and oxygen atoms in total. The van der Waals surface area contributed by atoms with Crippen molar-refractivity contribution in [2.75, 3.05) is 26.8 Å². The van der Waals surface area contributed by atoms with Crippen LogP contribution in [0.15, 0.2) is 12.1 Å². The van der Waals surface area contributed by atoms with Gasteiger partial charge in [0.2, 0.25) is 0 Å². The zero-order valence-corrected chi connectivity index (χ0v) is 11.8. The number of carbonyl (C=O) groups excluding carboxylic acids is 1. The van der Waals surface area contributed by atoms with Crippen molar-refractivity contribution < 1.29 is 23.0 Å². The number of benzene rings is 1. The molecule has 1 saturated carbocycles. The lowest BCUT2D eigenvalue weighted by molar-refractivity contribution is -0.0316. The minimum atomic E-state index is -1.16. The third-order valence-electron chi connectivity index (χ3n) is 4.02. The molecule has 0 unspecified atom stereocenters. The van der Waals surface area contributed by atoms with E-state index < -0.39 is 17.5 Å². The lowest BCUT2D eigenvalue weighted by Crippen LogP contribution is -2.46. The number of halogens is 2. The summed E-state index contributed by atoms with van der Waals surface area (Å²) < 4.78 is 38.0. The number of hydrogen-bond donors (Lipinski definition) is 0. The molecule has 1 amide bonds. The van der Waals surface area contributed by atoms with Gasteiger partial charge in [0, 0.05) is 13.1 Å². The third kappa shape index (κ3) is 2.72. The monoisotopic (exact) mass is 297 g/mol. The predicted octanol–water partition coefficient (Wildman–Crippen LogP) is 2.22. The van der Waals surface area contributed by atoms with E-state index in [0.717, 1.165) is 18.9 Å². The maximum Gasteiger partial charge on any atom is 0.260 e. The van der Waals surface area contributed by atoms with Crippen molar-refractivity contribution in [2.45, 2.75) is 18.9 Å². The molecule has 0 radical (unpaired) electrons. The van der Waals surface area contributed by atoms with Gasteiger partial charge >= 0.3 is 0 Å². The van der Waals surface area contributed by atoms with Crippen LogP contribution in [-0.4, -0.2) is 43.7 Å². The van der Waals surface area contributed by atoms with Crippen LogP contribution in [0.2, 0.25) is 0 Å². The summed E-state index contributed by atoms with van der Waals surface area (Å²) in [6, 6.07) is 2.22. The number of amides is 1. The molecule has 0 N–H and O–H groups in total. The van der Waals surface area contributed by atoms with Crippen LogP contribution in [0, 0.1) is 17.6 Å². The lowest BCUT2D eigenvalue weighted by atomic mass is 10.1. The van der Waals surface area contributed by atoms with E-state index in [1.165, 1.54) is 18.1 Å². The summed E-state index contributed by atoms with van der Waals surface area (Å²) in [6.07, 6.45) is 2.21. The van der Waals surface area contributed by atoms with Crippen LogP contribution in [0.25, 0.3) is 0 Å². The smallest absolute Gasteiger partial charge is 0.260 e. The molecule has 6 heteroatoms. The summed E-state index contributed by atoms with van der Waals surface area (Å²) in [7, 11) is 1.33. The summed E-state index contributed by atoms with van der Waals surface area (Å²) >= 11 is 0. The fourth-order valence-corrected chi connectivity index (χ4v) is 2.67. The van der Waals surface area contributed by atoms with E-state index in [-0.39, 0.29) is 17.4 Å². The minimum absolute atomic E-state index is 0.00492. The van der Waals surface area contributed by atoms with E-state index >= 15 is 0 Å². The molecule has 1 aliphatic carbocycles. The number of morpholine rings is 1. The SMILES string of the molecule is COc1ccc(F)c(F)c1C(=O)N1CCO[C@H](C2CC2)C1. The summed E-state index contributed by atoms with van der Waals surface area (Å²) in [6.45, 7) is 1.22. The Bertz CT molecular complexity index is 560. The van der Waals surface area contributed by atoms with Crippen molar-refractivity contribution in [2.24, 2.45) is 5.92 Å². The highest BCUT2D eigenvalue weighted by Gasteiger charge is 2.37. The van der Waals surface area contributed by atoms with E-state index in [1.54, 1.807) is 0 Å². The maximum absolute atomic E-state index is 14.0. The van der Waals surface area contributed by atoms with Crippen LogP contribution >= 0.6 is 0 Å². The molecular formula is C15H17F2NO3. The van der Waals surface area contributed by atoms with Gasteiger partial charge in [-0.3, -0.25) is 4.79 Å². The fourth-order valence-electron chi connectivity index (χ4n) is 2.67. The number of rotatable bonds is 3. The Labute approximate surface area is 121 Å². The third-order valence-corrected chi connectivity index (χ3v) is 4.02. The molecule has 1 aromatic rings. The second-order valence-electron chi connectivity index (χ2n) is 5.44. The Morgan fingerprint density at radius 1 is 1.38 bits per heavy atom. The summed E-state index contributed by atoms with van der Waals surface area (Å²) in [5, 5.41) is 0. The zero-order valence-electron chi connectivity index (χ0n) is 11.8. The lowest BCUT2D eigenvalue weighted by Gasteiger charge is -2.33. The van der Waals surface area contributed by atoms with Gasteiger partial charge in [-0.15, -0.1) is 0 Å². The van der Waals surface area contributed by atoms with Gasteiger partial charge < -0.3 is 14.4 Å². The van der Waals surface area contributed by atoms with Crippen LogP contribution < -0.4 is 4.74 Å². The van der Waals surface area contributed by atoms with E-state index in [4.69, 9.17) is 9.47 Å². The van der Waals surface area contributed by atoms with Crippen LogP contribution in [0.5, 0.6) is 5.75 Å². The summed E-state index contributed by atoms with van der Waals surface area (Å²) in [4.78, 5) is 14.0. The van der Waals surface area contributed by atoms with Gasteiger partial charge in [-0.25, -0.2) is 8.78 Å². The Balaban J connectivity index is 1.85.